The number of hydrogen-bond donors (Lipinski definition) is 2. The van der Waals surface area contributed by atoms with Gasteiger partial charge in [-0.3, -0.25) is 9.59 Å². The third-order valence-corrected chi connectivity index (χ3v) is 5.42. The number of carbonyl (C=O) groups is 2. The van der Waals surface area contributed by atoms with Crippen LogP contribution in [0.25, 0.3) is 0 Å². The third kappa shape index (κ3) is 5.14. The minimum Gasteiger partial charge on any atom is -0.345 e. The first-order valence-electron chi connectivity index (χ1n) is 8.09. The average Bonchev–Trinajstić information content (AvgIpc) is 3.24. The highest BCUT2D eigenvalue weighted by molar-refractivity contribution is 7.99. The summed E-state index contributed by atoms with van der Waals surface area (Å²) in [4.78, 5) is 29.2. The molecule has 2 aromatic heterocycles. The van der Waals surface area contributed by atoms with Gasteiger partial charge in [-0.2, -0.15) is 0 Å². The summed E-state index contributed by atoms with van der Waals surface area (Å²) in [6.45, 7) is 2.18. The van der Waals surface area contributed by atoms with E-state index in [-0.39, 0.29) is 24.1 Å². The smallest absolute Gasteiger partial charge is 0.251 e. The summed E-state index contributed by atoms with van der Waals surface area (Å²) in [7, 11) is 1.80. The molecule has 2 amide bonds. The first kappa shape index (κ1) is 19.1. The summed E-state index contributed by atoms with van der Waals surface area (Å²) in [5, 5.41) is 14.9. The van der Waals surface area contributed by atoms with Crippen LogP contribution < -0.4 is 10.6 Å². The molecule has 3 rings (SSSR count). The molecule has 0 unspecified atom stereocenters. The zero-order valence-electron chi connectivity index (χ0n) is 14.8. The molecule has 0 aliphatic carbocycles. The van der Waals surface area contributed by atoms with E-state index in [2.05, 4.69) is 25.8 Å². The molecule has 0 saturated carbocycles. The Balaban J connectivity index is 1.51. The van der Waals surface area contributed by atoms with E-state index < -0.39 is 0 Å². The van der Waals surface area contributed by atoms with Gasteiger partial charge in [0.05, 0.1) is 12.3 Å². The Kier molecular flexibility index (Phi) is 6.20. The fourth-order valence-corrected chi connectivity index (χ4v) is 3.58. The van der Waals surface area contributed by atoms with Crippen molar-refractivity contribution in [2.75, 3.05) is 11.1 Å². The number of anilines is 1. The van der Waals surface area contributed by atoms with Gasteiger partial charge in [0.2, 0.25) is 5.91 Å². The number of thioether (sulfide) groups is 1. The van der Waals surface area contributed by atoms with E-state index in [1.807, 2.05) is 25.1 Å². The topological polar surface area (TPSA) is 102 Å². The van der Waals surface area contributed by atoms with Crippen LogP contribution in [0.5, 0.6) is 0 Å². The Morgan fingerprint density at radius 2 is 2.00 bits per heavy atom. The van der Waals surface area contributed by atoms with Crippen molar-refractivity contribution in [3.8, 4) is 0 Å². The van der Waals surface area contributed by atoms with Crippen molar-refractivity contribution in [2.24, 2.45) is 7.05 Å². The monoisotopic (exact) mass is 402 g/mol. The molecule has 10 heteroatoms. The fraction of sp³-hybridized carbons (Fsp3) is 0.235. The number of nitrogens with one attached hydrogen (secondary N) is 2. The van der Waals surface area contributed by atoms with Gasteiger partial charge in [0.1, 0.15) is 0 Å². The predicted molar refractivity (Wildman–Crippen MR) is 105 cm³/mol. The molecule has 0 atom stereocenters. The van der Waals surface area contributed by atoms with Crippen LogP contribution in [0.15, 0.2) is 41.7 Å². The van der Waals surface area contributed by atoms with Gasteiger partial charge in [-0.25, -0.2) is 4.98 Å². The number of aromatic nitrogens is 4. The molecule has 0 saturated heterocycles. The summed E-state index contributed by atoms with van der Waals surface area (Å²) in [6, 6.07) is 8.97. The van der Waals surface area contributed by atoms with Crippen LogP contribution in [0.1, 0.15) is 21.1 Å². The molecule has 0 aliphatic heterocycles. The fourth-order valence-electron chi connectivity index (χ4n) is 2.17. The number of benzene rings is 1. The van der Waals surface area contributed by atoms with Crippen LogP contribution in [0, 0.1) is 6.92 Å². The second-order valence-electron chi connectivity index (χ2n) is 5.62. The average molecular weight is 403 g/mol. The zero-order valence-corrected chi connectivity index (χ0v) is 16.4. The van der Waals surface area contributed by atoms with E-state index >= 15 is 0 Å². The number of carbonyl (C=O) groups excluding carboxylic acids is 2. The molecule has 27 heavy (non-hydrogen) atoms. The van der Waals surface area contributed by atoms with Crippen molar-refractivity contribution in [3.63, 3.8) is 0 Å². The first-order valence-corrected chi connectivity index (χ1v) is 9.89. The van der Waals surface area contributed by atoms with Gasteiger partial charge in [0.25, 0.3) is 5.91 Å². The van der Waals surface area contributed by atoms with Gasteiger partial charge >= 0.3 is 0 Å². The van der Waals surface area contributed by atoms with Crippen LogP contribution in [-0.2, 0) is 18.4 Å². The maximum Gasteiger partial charge on any atom is 0.251 e. The summed E-state index contributed by atoms with van der Waals surface area (Å²) >= 11 is 2.70. The number of nitrogens with zero attached hydrogens (tertiary/aromatic N) is 4. The Labute approximate surface area is 164 Å². The van der Waals surface area contributed by atoms with Crippen molar-refractivity contribution in [1.29, 1.82) is 0 Å². The van der Waals surface area contributed by atoms with Gasteiger partial charge in [-0.15, -0.1) is 21.5 Å². The number of hydrogen-bond acceptors (Lipinski definition) is 7. The molecule has 2 heterocycles. The maximum atomic E-state index is 12.1. The zero-order chi connectivity index (χ0) is 19.2. The Hall–Kier alpha value is -2.72. The maximum absolute atomic E-state index is 12.1. The molecule has 0 aliphatic rings. The minimum absolute atomic E-state index is 0.156. The Morgan fingerprint density at radius 1 is 1.22 bits per heavy atom. The lowest BCUT2D eigenvalue weighted by atomic mass is 10.2. The van der Waals surface area contributed by atoms with Gasteiger partial charge in [-0.1, -0.05) is 30.0 Å². The molecular formula is C17H18N6O2S2. The lowest BCUT2D eigenvalue weighted by molar-refractivity contribution is -0.113. The second kappa shape index (κ2) is 8.78. The Morgan fingerprint density at radius 3 is 2.70 bits per heavy atom. The highest BCUT2D eigenvalue weighted by Gasteiger charge is 2.13. The first-order chi connectivity index (χ1) is 13.0. The molecule has 8 nitrogen and oxygen atoms in total. The van der Waals surface area contributed by atoms with Gasteiger partial charge < -0.3 is 15.2 Å². The van der Waals surface area contributed by atoms with Crippen molar-refractivity contribution < 1.29 is 9.59 Å². The molecule has 0 bridgehead atoms. The van der Waals surface area contributed by atoms with Crippen molar-refractivity contribution in [3.05, 3.63) is 52.8 Å². The third-order valence-electron chi connectivity index (χ3n) is 3.57. The van der Waals surface area contributed by atoms with Crippen LogP contribution in [-0.4, -0.2) is 37.3 Å². The quantitative estimate of drug-likeness (QED) is 0.588. The summed E-state index contributed by atoms with van der Waals surface area (Å²) in [5.41, 5.74) is 0.586. The molecule has 0 fully saturated rings. The predicted octanol–water partition coefficient (Wildman–Crippen LogP) is 2.24. The lowest BCUT2D eigenvalue weighted by Crippen LogP contribution is -2.24. The summed E-state index contributed by atoms with van der Waals surface area (Å²) in [5.74, 6) is 0.473. The Bertz CT molecular complexity index is 938. The van der Waals surface area contributed by atoms with E-state index in [9.17, 15) is 9.59 Å². The van der Waals surface area contributed by atoms with E-state index in [0.29, 0.717) is 21.7 Å². The van der Waals surface area contributed by atoms with Crippen LogP contribution in [0.2, 0.25) is 0 Å². The van der Waals surface area contributed by atoms with Gasteiger partial charge in [-0.05, 0) is 19.1 Å². The van der Waals surface area contributed by atoms with Crippen LogP contribution in [0.4, 0.5) is 5.13 Å². The van der Waals surface area contributed by atoms with E-state index in [4.69, 9.17) is 0 Å². The highest BCUT2D eigenvalue weighted by Crippen LogP contribution is 2.19. The van der Waals surface area contributed by atoms with Crippen LogP contribution >= 0.6 is 23.1 Å². The number of aryl methyl sites for hydroxylation is 1. The normalized spacial score (nSPS) is 10.6. The number of amides is 2. The molecule has 0 spiro atoms. The van der Waals surface area contributed by atoms with Crippen molar-refractivity contribution >= 4 is 40.0 Å². The van der Waals surface area contributed by atoms with Crippen molar-refractivity contribution in [2.45, 2.75) is 18.6 Å². The highest BCUT2D eigenvalue weighted by atomic mass is 32.2. The largest absolute Gasteiger partial charge is 0.345 e. The van der Waals surface area contributed by atoms with E-state index in [1.165, 1.54) is 23.1 Å². The molecule has 1 aromatic carbocycles. The minimum atomic E-state index is -0.175. The van der Waals surface area contributed by atoms with Gasteiger partial charge in [0, 0.05) is 23.7 Å². The van der Waals surface area contributed by atoms with Crippen LogP contribution in [0.3, 0.4) is 0 Å². The van der Waals surface area contributed by atoms with E-state index in [0.717, 1.165) is 4.88 Å². The van der Waals surface area contributed by atoms with Crippen molar-refractivity contribution in [1.82, 2.24) is 25.1 Å². The molecular weight excluding hydrogens is 384 g/mol. The number of rotatable bonds is 7. The molecule has 140 valence electrons. The lowest BCUT2D eigenvalue weighted by Gasteiger charge is -2.06. The van der Waals surface area contributed by atoms with E-state index in [1.54, 1.807) is 29.9 Å². The summed E-state index contributed by atoms with van der Waals surface area (Å²) < 4.78 is 1.76. The standard InChI is InChI=1S/C17H18N6O2S2/c1-11-8-19-16(27-11)20-14(24)10-26-17-22-21-13(23(17)2)9-18-15(25)12-6-4-3-5-7-12/h3-8H,9-10H2,1-2H3,(H,18,25)(H,19,20,24). The van der Waals surface area contributed by atoms with Gasteiger partial charge in [0.15, 0.2) is 16.1 Å². The molecule has 2 N–H and O–H groups in total. The number of thiazole rings is 1. The second-order valence-corrected chi connectivity index (χ2v) is 7.80. The molecule has 3 aromatic rings. The summed E-state index contributed by atoms with van der Waals surface area (Å²) in [6.07, 6.45) is 1.71. The SMILES string of the molecule is Cc1cnc(NC(=O)CSc2nnc(CNC(=O)c3ccccc3)n2C)s1. The molecule has 0 radical (unpaired) electrons.